The number of amides is 2. The Morgan fingerprint density at radius 1 is 1.21 bits per heavy atom. The smallest absolute Gasteiger partial charge is 0.315 e. The van der Waals surface area contributed by atoms with Crippen LogP contribution in [0, 0.1) is 0 Å². The fourth-order valence-corrected chi connectivity index (χ4v) is 2.95. The van der Waals surface area contributed by atoms with Gasteiger partial charge in [0, 0.05) is 45.0 Å². The van der Waals surface area contributed by atoms with Gasteiger partial charge in [-0.15, -0.1) is 0 Å². The highest BCUT2D eigenvalue weighted by molar-refractivity contribution is 5.73. The van der Waals surface area contributed by atoms with Crippen LogP contribution in [0.4, 0.5) is 10.5 Å². The van der Waals surface area contributed by atoms with E-state index in [4.69, 9.17) is 5.73 Å². The Balaban J connectivity index is 1.91. The molecule has 0 aromatic heterocycles. The highest BCUT2D eigenvalue weighted by Gasteiger charge is 2.23. The number of fused-ring (bicyclic) bond motifs is 1. The van der Waals surface area contributed by atoms with Gasteiger partial charge in [0.2, 0.25) is 0 Å². The van der Waals surface area contributed by atoms with Crippen LogP contribution < -0.4 is 16.0 Å². The van der Waals surface area contributed by atoms with E-state index in [1.165, 1.54) is 16.8 Å². The van der Waals surface area contributed by atoms with Gasteiger partial charge in [-0.3, -0.25) is 0 Å². The summed E-state index contributed by atoms with van der Waals surface area (Å²) in [5.41, 5.74) is 9.31. The molecule has 1 aromatic carbocycles. The summed E-state index contributed by atoms with van der Waals surface area (Å²) in [5.74, 6) is 0. The molecule has 2 heterocycles. The molecule has 0 spiro atoms. The van der Waals surface area contributed by atoms with Crippen LogP contribution in [-0.2, 0) is 13.0 Å². The third-order valence-electron chi connectivity index (χ3n) is 4.02. The van der Waals surface area contributed by atoms with Crippen molar-refractivity contribution in [1.29, 1.82) is 0 Å². The Kier molecular flexibility index (Phi) is 3.29. The average molecular weight is 260 g/mol. The van der Waals surface area contributed by atoms with Crippen LogP contribution in [0.3, 0.4) is 0 Å². The molecule has 0 atom stereocenters. The molecule has 0 radical (unpaired) electrons. The van der Waals surface area contributed by atoms with Crippen molar-refractivity contribution in [2.24, 2.45) is 5.73 Å². The molecule has 0 unspecified atom stereocenters. The van der Waals surface area contributed by atoms with E-state index in [9.17, 15) is 4.79 Å². The summed E-state index contributed by atoms with van der Waals surface area (Å²) in [6.45, 7) is 5.45. The van der Waals surface area contributed by atoms with Gasteiger partial charge < -0.3 is 20.9 Å². The van der Waals surface area contributed by atoms with Crippen molar-refractivity contribution in [1.82, 2.24) is 10.2 Å². The number of nitrogens with zero attached hydrogens (tertiary/aromatic N) is 2. The van der Waals surface area contributed by atoms with E-state index >= 15 is 0 Å². The number of hydrogen-bond donors (Lipinski definition) is 2. The van der Waals surface area contributed by atoms with E-state index in [2.05, 4.69) is 28.4 Å². The third-order valence-corrected chi connectivity index (χ3v) is 4.02. The fourth-order valence-electron chi connectivity index (χ4n) is 2.95. The Hall–Kier alpha value is -1.75. The first kappa shape index (κ1) is 12.3. The van der Waals surface area contributed by atoms with E-state index < -0.39 is 0 Å². The van der Waals surface area contributed by atoms with Gasteiger partial charge in [-0.05, 0) is 23.6 Å². The van der Waals surface area contributed by atoms with Gasteiger partial charge in [-0.1, -0.05) is 12.1 Å². The number of anilines is 1. The van der Waals surface area contributed by atoms with E-state index in [1.54, 1.807) is 4.90 Å². The number of nitrogens with two attached hydrogens (primary N) is 1. The zero-order valence-electron chi connectivity index (χ0n) is 11.1. The first-order valence-electron chi connectivity index (χ1n) is 6.86. The van der Waals surface area contributed by atoms with Crippen LogP contribution in [0.1, 0.15) is 11.1 Å². The average Bonchev–Trinajstić information content (AvgIpc) is 2.47. The molecule has 2 aliphatic heterocycles. The maximum atomic E-state index is 11.4. The number of piperazine rings is 1. The first-order chi connectivity index (χ1) is 9.25. The summed E-state index contributed by atoms with van der Waals surface area (Å²) >= 11 is 0. The lowest BCUT2D eigenvalue weighted by Gasteiger charge is -2.35. The lowest BCUT2D eigenvalue weighted by Crippen LogP contribution is -2.45. The van der Waals surface area contributed by atoms with E-state index in [1.807, 2.05) is 0 Å². The largest absolute Gasteiger partial charge is 0.369 e. The minimum Gasteiger partial charge on any atom is -0.369 e. The van der Waals surface area contributed by atoms with Crippen molar-refractivity contribution in [2.75, 3.05) is 37.6 Å². The molecule has 102 valence electrons. The van der Waals surface area contributed by atoms with E-state index in [0.29, 0.717) is 6.54 Å². The molecule has 19 heavy (non-hydrogen) atoms. The predicted molar refractivity (Wildman–Crippen MR) is 75.2 cm³/mol. The second-order valence-electron chi connectivity index (χ2n) is 5.16. The van der Waals surface area contributed by atoms with Crippen molar-refractivity contribution in [3.63, 3.8) is 0 Å². The quantitative estimate of drug-likeness (QED) is 0.774. The monoisotopic (exact) mass is 260 g/mol. The summed E-state index contributed by atoms with van der Waals surface area (Å²) < 4.78 is 0. The van der Waals surface area contributed by atoms with Crippen molar-refractivity contribution in [3.8, 4) is 0 Å². The molecule has 5 nitrogen and oxygen atoms in total. The van der Waals surface area contributed by atoms with Gasteiger partial charge >= 0.3 is 6.03 Å². The second-order valence-corrected chi connectivity index (χ2v) is 5.16. The maximum Gasteiger partial charge on any atom is 0.315 e. The zero-order valence-corrected chi connectivity index (χ0v) is 11.1. The molecular weight excluding hydrogens is 240 g/mol. The van der Waals surface area contributed by atoms with Gasteiger partial charge in [0.1, 0.15) is 0 Å². The molecule has 0 saturated carbocycles. The van der Waals surface area contributed by atoms with Gasteiger partial charge in [0.05, 0.1) is 0 Å². The van der Waals surface area contributed by atoms with Crippen LogP contribution >= 0.6 is 0 Å². The summed E-state index contributed by atoms with van der Waals surface area (Å²) in [6, 6.07) is 6.13. The molecule has 2 amide bonds. The van der Waals surface area contributed by atoms with Crippen LogP contribution in [0.15, 0.2) is 18.2 Å². The topological polar surface area (TPSA) is 61.6 Å². The molecule has 0 bridgehead atoms. The van der Waals surface area contributed by atoms with E-state index in [-0.39, 0.29) is 6.03 Å². The van der Waals surface area contributed by atoms with Crippen LogP contribution in [0.25, 0.3) is 0 Å². The molecular formula is C14H20N4O. The Bertz CT molecular complexity index is 482. The lowest BCUT2D eigenvalue weighted by molar-refractivity contribution is 0.202. The number of hydrogen-bond acceptors (Lipinski definition) is 3. The summed E-state index contributed by atoms with van der Waals surface area (Å²) in [5, 5.41) is 3.37. The minimum atomic E-state index is -0.319. The highest BCUT2D eigenvalue weighted by atomic mass is 16.2. The standard InChI is InChI=1S/C14H20N4O/c15-14(19)18-7-4-11-2-1-3-13(12(11)10-18)17-8-5-16-6-9-17/h1-3,16H,4-10H2,(H2,15,19). The second kappa shape index (κ2) is 5.09. The number of nitrogens with one attached hydrogen (secondary N) is 1. The lowest BCUT2D eigenvalue weighted by atomic mass is 9.97. The van der Waals surface area contributed by atoms with Crippen molar-refractivity contribution in [3.05, 3.63) is 29.3 Å². The Labute approximate surface area is 113 Å². The van der Waals surface area contributed by atoms with Gasteiger partial charge in [0.25, 0.3) is 0 Å². The molecule has 2 aliphatic rings. The number of carbonyl (C=O) groups is 1. The minimum absolute atomic E-state index is 0.319. The molecule has 1 aromatic rings. The first-order valence-corrected chi connectivity index (χ1v) is 6.86. The Morgan fingerprint density at radius 3 is 2.74 bits per heavy atom. The van der Waals surface area contributed by atoms with Crippen LogP contribution in [-0.4, -0.2) is 43.7 Å². The molecule has 1 fully saturated rings. The van der Waals surface area contributed by atoms with Gasteiger partial charge in [0.15, 0.2) is 0 Å². The summed E-state index contributed by atoms with van der Waals surface area (Å²) in [6.07, 6.45) is 0.901. The predicted octanol–water partition coefficient (Wildman–Crippen LogP) is 0.533. The van der Waals surface area contributed by atoms with Crippen molar-refractivity contribution < 1.29 is 4.79 Å². The number of urea groups is 1. The van der Waals surface area contributed by atoms with Gasteiger partial charge in [-0.25, -0.2) is 4.79 Å². The number of benzene rings is 1. The number of primary amides is 1. The van der Waals surface area contributed by atoms with Crippen LogP contribution in [0.5, 0.6) is 0 Å². The fraction of sp³-hybridized carbons (Fsp3) is 0.500. The van der Waals surface area contributed by atoms with Crippen LogP contribution in [0.2, 0.25) is 0 Å². The number of carbonyl (C=O) groups excluding carboxylic acids is 1. The van der Waals surface area contributed by atoms with Crippen molar-refractivity contribution >= 4 is 11.7 Å². The van der Waals surface area contributed by atoms with Gasteiger partial charge in [-0.2, -0.15) is 0 Å². The Morgan fingerprint density at radius 2 is 2.00 bits per heavy atom. The molecule has 3 N–H and O–H groups in total. The number of rotatable bonds is 1. The SMILES string of the molecule is NC(=O)N1CCc2cccc(N3CCNCC3)c2C1. The molecule has 0 aliphatic carbocycles. The molecule has 1 saturated heterocycles. The highest BCUT2D eigenvalue weighted by Crippen LogP contribution is 2.29. The molecule has 5 heteroatoms. The van der Waals surface area contributed by atoms with Crippen molar-refractivity contribution in [2.45, 2.75) is 13.0 Å². The molecule has 3 rings (SSSR count). The third kappa shape index (κ3) is 2.38. The summed E-state index contributed by atoms with van der Waals surface area (Å²) in [7, 11) is 0. The van der Waals surface area contributed by atoms with E-state index in [0.717, 1.165) is 39.1 Å². The normalized spacial score (nSPS) is 19.2. The maximum absolute atomic E-state index is 11.4. The summed E-state index contributed by atoms with van der Waals surface area (Å²) in [4.78, 5) is 15.5. The zero-order chi connectivity index (χ0) is 13.2.